The third-order valence-electron chi connectivity index (χ3n) is 2.83. The van der Waals surface area contributed by atoms with Crippen molar-refractivity contribution in [1.82, 2.24) is 15.1 Å². The summed E-state index contributed by atoms with van der Waals surface area (Å²) in [5.74, 6) is -0.257. The van der Waals surface area contributed by atoms with E-state index in [2.05, 4.69) is 15.7 Å². The Morgan fingerprint density at radius 2 is 1.95 bits per heavy atom. The van der Waals surface area contributed by atoms with Crippen molar-refractivity contribution in [2.24, 2.45) is 0 Å². The highest BCUT2D eigenvalue weighted by Crippen LogP contribution is 2.21. The fraction of sp³-hybridized carbons (Fsp3) is 0.267. The summed E-state index contributed by atoms with van der Waals surface area (Å²) in [4.78, 5) is 23.8. The highest BCUT2D eigenvalue weighted by Gasteiger charge is 2.21. The third-order valence-corrected chi connectivity index (χ3v) is 2.83. The molecular weight excluding hydrogens is 284 g/mol. The number of carbonyl (C=O) groups is 2. The summed E-state index contributed by atoms with van der Waals surface area (Å²) in [5.41, 5.74) is 0.932. The maximum atomic E-state index is 12.0. The lowest BCUT2D eigenvalue weighted by Crippen LogP contribution is -2.30. The molecule has 0 aliphatic rings. The Balaban J connectivity index is 2.41. The van der Waals surface area contributed by atoms with E-state index >= 15 is 0 Å². The molecule has 2 aromatic rings. The minimum atomic E-state index is -0.531. The van der Waals surface area contributed by atoms with E-state index in [0.29, 0.717) is 6.54 Å². The summed E-state index contributed by atoms with van der Waals surface area (Å²) >= 11 is 0. The summed E-state index contributed by atoms with van der Waals surface area (Å²) < 4.78 is 6.48. The Kier molecular flexibility index (Phi) is 5.13. The average Bonchev–Trinajstić information content (AvgIpc) is 2.92. The van der Waals surface area contributed by atoms with Gasteiger partial charge in [-0.3, -0.25) is 5.32 Å². The average molecular weight is 302 g/mol. The van der Waals surface area contributed by atoms with E-state index < -0.39 is 12.0 Å². The number of amides is 2. The molecule has 0 spiro atoms. The fourth-order valence-corrected chi connectivity index (χ4v) is 1.90. The molecule has 116 valence electrons. The fourth-order valence-electron chi connectivity index (χ4n) is 1.90. The molecular formula is C15H18N4O3. The molecule has 0 atom stereocenters. The number of nitrogens with zero attached hydrogens (tertiary/aromatic N) is 2. The number of aromatic nitrogens is 2. The lowest BCUT2D eigenvalue weighted by Gasteiger charge is -2.11. The molecule has 0 saturated heterocycles. The van der Waals surface area contributed by atoms with Crippen LogP contribution in [-0.2, 0) is 4.74 Å². The van der Waals surface area contributed by atoms with Crippen molar-refractivity contribution in [2.45, 2.75) is 13.8 Å². The maximum Gasteiger partial charge on any atom is 0.343 e. The van der Waals surface area contributed by atoms with Gasteiger partial charge in [0, 0.05) is 6.54 Å². The zero-order valence-electron chi connectivity index (χ0n) is 12.5. The number of anilines is 1. The molecule has 2 rings (SSSR count). The molecule has 7 heteroatoms. The first-order valence-corrected chi connectivity index (χ1v) is 7.02. The van der Waals surface area contributed by atoms with Gasteiger partial charge >= 0.3 is 12.0 Å². The van der Waals surface area contributed by atoms with Gasteiger partial charge in [-0.15, -0.1) is 0 Å². The molecule has 1 aromatic carbocycles. The largest absolute Gasteiger partial charge is 0.462 e. The van der Waals surface area contributed by atoms with Crippen LogP contribution in [-0.4, -0.2) is 34.9 Å². The molecule has 0 aliphatic heterocycles. The number of urea groups is 1. The van der Waals surface area contributed by atoms with Crippen LogP contribution >= 0.6 is 0 Å². The first kappa shape index (κ1) is 15.6. The predicted molar refractivity (Wildman–Crippen MR) is 82.2 cm³/mol. The third kappa shape index (κ3) is 3.43. The number of nitrogens with one attached hydrogen (secondary N) is 2. The van der Waals surface area contributed by atoms with E-state index in [0.717, 1.165) is 5.69 Å². The number of rotatable bonds is 5. The van der Waals surface area contributed by atoms with Gasteiger partial charge in [0.1, 0.15) is 5.56 Å². The second-order valence-corrected chi connectivity index (χ2v) is 4.36. The first-order chi connectivity index (χ1) is 10.7. The molecule has 0 saturated carbocycles. The molecule has 7 nitrogen and oxygen atoms in total. The molecule has 22 heavy (non-hydrogen) atoms. The number of hydrogen-bond donors (Lipinski definition) is 2. The normalized spacial score (nSPS) is 10.1. The van der Waals surface area contributed by atoms with Gasteiger partial charge in [0.2, 0.25) is 0 Å². The molecule has 1 aromatic heterocycles. The van der Waals surface area contributed by atoms with Crippen LogP contribution in [0.5, 0.6) is 0 Å². The minimum Gasteiger partial charge on any atom is -0.462 e. The highest BCUT2D eigenvalue weighted by molar-refractivity contribution is 6.00. The van der Waals surface area contributed by atoms with Gasteiger partial charge in [-0.1, -0.05) is 18.2 Å². The van der Waals surface area contributed by atoms with Gasteiger partial charge in [0.05, 0.1) is 18.5 Å². The number of ether oxygens (including phenoxy) is 1. The van der Waals surface area contributed by atoms with Crippen molar-refractivity contribution in [3.05, 3.63) is 42.1 Å². The summed E-state index contributed by atoms with van der Waals surface area (Å²) in [6, 6.07) is 8.80. The van der Waals surface area contributed by atoms with Crippen LogP contribution in [0.3, 0.4) is 0 Å². The molecule has 0 bridgehead atoms. The van der Waals surface area contributed by atoms with Crippen molar-refractivity contribution >= 4 is 17.8 Å². The predicted octanol–water partition coefficient (Wildman–Crippen LogP) is 2.19. The van der Waals surface area contributed by atoms with Crippen LogP contribution in [0.4, 0.5) is 10.6 Å². The smallest absolute Gasteiger partial charge is 0.343 e. The van der Waals surface area contributed by atoms with Crippen molar-refractivity contribution in [1.29, 1.82) is 0 Å². The van der Waals surface area contributed by atoms with E-state index in [1.165, 1.54) is 10.9 Å². The topological polar surface area (TPSA) is 85.2 Å². The second-order valence-electron chi connectivity index (χ2n) is 4.36. The van der Waals surface area contributed by atoms with E-state index in [1.54, 1.807) is 13.8 Å². The highest BCUT2D eigenvalue weighted by atomic mass is 16.5. The van der Waals surface area contributed by atoms with Gasteiger partial charge in [0.15, 0.2) is 5.82 Å². The lowest BCUT2D eigenvalue weighted by molar-refractivity contribution is 0.0527. The number of para-hydroxylation sites is 1. The Bertz CT molecular complexity index is 652. The van der Waals surface area contributed by atoms with Crippen molar-refractivity contribution in [3.8, 4) is 5.69 Å². The second kappa shape index (κ2) is 7.26. The standard InChI is InChI=1S/C15H18N4O3/c1-3-16-15(21)18-13-12(14(20)22-4-2)10-17-19(13)11-8-6-5-7-9-11/h5-10H,3-4H2,1-2H3,(H2,16,18,21). The monoisotopic (exact) mass is 302 g/mol. The van der Waals surface area contributed by atoms with E-state index in [1.807, 2.05) is 30.3 Å². The van der Waals surface area contributed by atoms with Crippen molar-refractivity contribution < 1.29 is 14.3 Å². The van der Waals surface area contributed by atoms with Gasteiger partial charge in [-0.2, -0.15) is 5.10 Å². The Hall–Kier alpha value is -2.83. The first-order valence-electron chi connectivity index (χ1n) is 7.02. The van der Waals surface area contributed by atoms with Crippen molar-refractivity contribution in [3.63, 3.8) is 0 Å². The SMILES string of the molecule is CCNC(=O)Nc1c(C(=O)OCC)cnn1-c1ccccc1. The molecule has 2 amide bonds. The molecule has 1 heterocycles. The number of hydrogen-bond acceptors (Lipinski definition) is 4. The van der Waals surface area contributed by atoms with Gasteiger partial charge in [-0.25, -0.2) is 14.3 Å². The van der Waals surface area contributed by atoms with Crippen LogP contribution in [0.15, 0.2) is 36.5 Å². The Morgan fingerprint density at radius 1 is 1.23 bits per heavy atom. The summed E-state index contributed by atoms with van der Waals surface area (Å²) in [6.07, 6.45) is 1.38. The van der Waals surface area contributed by atoms with Gasteiger partial charge in [-0.05, 0) is 26.0 Å². The van der Waals surface area contributed by atoms with E-state index in [9.17, 15) is 9.59 Å². The number of benzene rings is 1. The zero-order chi connectivity index (χ0) is 15.9. The van der Waals surface area contributed by atoms with E-state index in [-0.39, 0.29) is 18.0 Å². The maximum absolute atomic E-state index is 12.0. The molecule has 0 unspecified atom stereocenters. The van der Waals surface area contributed by atoms with E-state index in [4.69, 9.17) is 4.74 Å². The van der Waals surface area contributed by atoms with Crippen LogP contribution < -0.4 is 10.6 Å². The minimum absolute atomic E-state index is 0.206. The van der Waals surface area contributed by atoms with Gasteiger partial charge < -0.3 is 10.1 Å². The summed E-state index contributed by atoms with van der Waals surface area (Å²) in [5, 5.41) is 9.44. The molecule has 0 aliphatic carbocycles. The van der Waals surface area contributed by atoms with Gasteiger partial charge in [0.25, 0.3) is 0 Å². The Labute approximate surface area is 128 Å². The van der Waals surface area contributed by atoms with Crippen molar-refractivity contribution in [2.75, 3.05) is 18.5 Å². The van der Waals surface area contributed by atoms with Crippen LogP contribution in [0, 0.1) is 0 Å². The molecule has 2 N–H and O–H groups in total. The quantitative estimate of drug-likeness (QED) is 0.829. The zero-order valence-corrected chi connectivity index (χ0v) is 12.5. The van der Waals surface area contributed by atoms with Crippen LogP contribution in [0.1, 0.15) is 24.2 Å². The number of esters is 1. The number of carbonyl (C=O) groups excluding carboxylic acids is 2. The summed E-state index contributed by atoms with van der Waals surface area (Å²) in [6.45, 7) is 4.24. The summed E-state index contributed by atoms with van der Waals surface area (Å²) in [7, 11) is 0. The molecule has 0 radical (unpaired) electrons. The lowest BCUT2D eigenvalue weighted by atomic mass is 10.3. The van der Waals surface area contributed by atoms with Crippen LogP contribution in [0.25, 0.3) is 5.69 Å². The Morgan fingerprint density at radius 3 is 2.59 bits per heavy atom. The molecule has 0 fully saturated rings. The van der Waals surface area contributed by atoms with Crippen LogP contribution in [0.2, 0.25) is 0 Å².